The van der Waals surface area contributed by atoms with Crippen LogP contribution in [0.4, 0.5) is 0 Å². The molecule has 1 fully saturated rings. The lowest BCUT2D eigenvalue weighted by molar-refractivity contribution is 0.0307. The van der Waals surface area contributed by atoms with Crippen molar-refractivity contribution in [2.45, 2.75) is 24.5 Å². The van der Waals surface area contributed by atoms with Gasteiger partial charge < -0.3 is 14.3 Å². The quantitative estimate of drug-likeness (QED) is 0.879. The number of nitrogens with zero attached hydrogens (tertiary/aromatic N) is 1. The molecule has 0 radical (unpaired) electrons. The van der Waals surface area contributed by atoms with E-state index >= 15 is 0 Å². The van der Waals surface area contributed by atoms with Gasteiger partial charge in [0.25, 0.3) is 10.0 Å². The van der Waals surface area contributed by atoms with Crippen molar-refractivity contribution in [2.24, 2.45) is 0 Å². The second kappa shape index (κ2) is 5.32. The highest BCUT2D eigenvalue weighted by Crippen LogP contribution is 2.23. The molecule has 2 rings (SSSR count). The van der Waals surface area contributed by atoms with E-state index in [2.05, 4.69) is 0 Å². The zero-order valence-corrected chi connectivity index (χ0v) is 11.2. The third-order valence-corrected chi connectivity index (χ3v) is 4.83. The van der Waals surface area contributed by atoms with Gasteiger partial charge in [0.15, 0.2) is 0 Å². The van der Waals surface area contributed by atoms with Crippen molar-refractivity contribution in [1.82, 2.24) is 4.31 Å². The van der Waals surface area contributed by atoms with Crippen molar-refractivity contribution in [1.29, 1.82) is 0 Å². The predicted octanol–water partition coefficient (Wildman–Crippen LogP) is 0.777. The van der Waals surface area contributed by atoms with Crippen molar-refractivity contribution in [2.75, 3.05) is 19.8 Å². The molecule has 0 amide bonds. The lowest BCUT2D eigenvalue weighted by Gasteiger charge is -2.33. The molecule has 0 saturated carbocycles. The molecule has 0 aromatic carbocycles. The first-order valence-electron chi connectivity index (χ1n) is 5.89. The van der Waals surface area contributed by atoms with E-state index in [0.29, 0.717) is 19.6 Å². The fourth-order valence-electron chi connectivity index (χ4n) is 1.97. The molecule has 8 heteroatoms. The molecular formula is C11H15NO6S. The van der Waals surface area contributed by atoms with Crippen LogP contribution in [0.3, 0.4) is 0 Å². The Kier molecular flexibility index (Phi) is 3.93. The van der Waals surface area contributed by atoms with Gasteiger partial charge in [-0.05, 0) is 18.6 Å². The number of furan rings is 1. The van der Waals surface area contributed by atoms with E-state index in [-0.39, 0.29) is 23.4 Å². The van der Waals surface area contributed by atoms with Crippen LogP contribution in [0, 0.1) is 0 Å². The van der Waals surface area contributed by atoms with Gasteiger partial charge in [0.05, 0.1) is 13.2 Å². The largest absolute Gasteiger partial charge is 0.475 e. The Hall–Kier alpha value is -1.38. The zero-order chi connectivity index (χ0) is 14.0. The molecule has 1 aliphatic rings. The maximum Gasteiger partial charge on any atom is 0.371 e. The molecule has 106 valence electrons. The molecule has 1 aromatic heterocycles. The average molecular weight is 289 g/mol. The molecule has 1 aromatic rings. The minimum absolute atomic E-state index is 0.240. The minimum atomic E-state index is -3.81. The van der Waals surface area contributed by atoms with E-state index in [1.165, 1.54) is 10.4 Å². The Morgan fingerprint density at radius 3 is 2.84 bits per heavy atom. The van der Waals surface area contributed by atoms with Crippen LogP contribution in [0.15, 0.2) is 21.6 Å². The number of hydrogen-bond acceptors (Lipinski definition) is 5. The van der Waals surface area contributed by atoms with Gasteiger partial charge in [-0.3, -0.25) is 0 Å². The standard InChI is InChI=1S/C11H15NO6S/c1-2-8-7-17-6-5-12(8)19(15,16)10-4-3-9(18-10)11(13)14/h3-4,8H,2,5-7H2,1H3,(H,13,14). The van der Waals surface area contributed by atoms with Crippen LogP contribution in [0.2, 0.25) is 0 Å². The first-order valence-corrected chi connectivity index (χ1v) is 7.33. The van der Waals surface area contributed by atoms with Gasteiger partial charge in [0.2, 0.25) is 10.9 Å². The van der Waals surface area contributed by atoms with Crippen LogP contribution in [0.25, 0.3) is 0 Å². The van der Waals surface area contributed by atoms with Gasteiger partial charge in [-0.25, -0.2) is 13.2 Å². The van der Waals surface area contributed by atoms with Crippen molar-refractivity contribution in [3.63, 3.8) is 0 Å². The number of aromatic carboxylic acids is 1. The van der Waals surface area contributed by atoms with Crippen molar-refractivity contribution in [3.8, 4) is 0 Å². The summed E-state index contributed by atoms with van der Waals surface area (Å²) >= 11 is 0. The highest BCUT2D eigenvalue weighted by atomic mass is 32.2. The van der Waals surface area contributed by atoms with Crippen molar-refractivity contribution in [3.05, 3.63) is 17.9 Å². The highest BCUT2D eigenvalue weighted by Gasteiger charge is 2.35. The Morgan fingerprint density at radius 2 is 2.26 bits per heavy atom. The van der Waals surface area contributed by atoms with E-state index in [4.69, 9.17) is 14.3 Å². The maximum atomic E-state index is 12.4. The summed E-state index contributed by atoms with van der Waals surface area (Å²) < 4.78 is 36.2. The Morgan fingerprint density at radius 1 is 1.53 bits per heavy atom. The van der Waals surface area contributed by atoms with Gasteiger partial charge >= 0.3 is 5.97 Å². The number of carbonyl (C=O) groups is 1. The molecule has 1 unspecified atom stereocenters. The second-order valence-corrected chi connectivity index (χ2v) is 6.00. The number of ether oxygens (including phenoxy) is 1. The summed E-state index contributed by atoms with van der Waals surface area (Å²) in [6.45, 7) is 2.76. The summed E-state index contributed by atoms with van der Waals surface area (Å²) in [4.78, 5) is 10.7. The first-order chi connectivity index (χ1) is 8.96. The van der Waals surface area contributed by atoms with Crippen LogP contribution in [0.1, 0.15) is 23.9 Å². The third-order valence-electron chi connectivity index (χ3n) is 3.00. The normalized spacial score (nSPS) is 21.4. The van der Waals surface area contributed by atoms with E-state index in [1.807, 2.05) is 6.92 Å². The van der Waals surface area contributed by atoms with Crippen LogP contribution < -0.4 is 0 Å². The summed E-state index contributed by atoms with van der Waals surface area (Å²) in [7, 11) is -3.81. The molecule has 19 heavy (non-hydrogen) atoms. The van der Waals surface area contributed by atoms with E-state index in [9.17, 15) is 13.2 Å². The molecule has 1 saturated heterocycles. The molecule has 7 nitrogen and oxygen atoms in total. The molecule has 1 atom stereocenters. The van der Waals surface area contributed by atoms with Crippen molar-refractivity contribution >= 4 is 16.0 Å². The van der Waals surface area contributed by atoms with Crippen LogP contribution >= 0.6 is 0 Å². The van der Waals surface area contributed by atoms with Gasteiger partial charge in [-0.2, -0.15) is 4.31 Å². The molecule has 0 bridgehead atoms. The van der Waals surface area contributed by atoms with Gasteiger partial charge in [0.1, 0.15) is 0 Å². The first kappa shape index (κ1) is 14.0. The van der Waals surface area contributed by atoms with Crippen LogP contribution in [-0.4, -0.2) is 49.6 Å². The van der Waals surface area contributed by atoms with Crippen LogP contribution in [-0.2, 0) is 14.8 Å². The SMILES string of the molecule is CCC1COCCN1S(=O)(=O)c1ccc(C(=O)O)o1. The van der Waals surface area contributed by atoms with Crippen molar-refractivity contribution < 1.29 is 27.5 Å². The number of rotatable bonds is 4. The molecule has 1 aliphatic heterocycles. The Balaban J connectivity index is 2.32. The molecule has 1 N–H and O–H groups in total. The molecule has 0 spiro atoms. The smallest absolute Gasteiger partial charge is 0.371 e. The third kappa shape index (κ3) is 2.65. The fourth-order valence-corrected chi connectivity index (χ4v) is 3.55. The summed E-state index contributed by atoms with van der Waals surface area (Å²) in [5.41, 5.74) is 0. The Bertz CT molecular complexity index is 563. The summed E-state index contributed by atoms with van der Waals surface area (Å²) in [5.74, 6) is -1.68. The van der Waals surface area contributed by atoms with E-state index in [1.54, 1.807) is 0 Å². The zero-order valence-electron chi connectivity index (χ0n) is 10.4. The number of hydrogen-bond donors (Lipinski definition) is 1. The minimum Gasteiger partial charge on any atom is -0.475 e. The fraction of sp³-hybridized carbons (Fsp3) is 0.545. The van der Waals surface area contributed by atoms with Crippen LogP contribution in [0.5, 0.6) is 0 Å². The number of carboxylic acid groups (broad SMARTS) is 1. The number of carboxylic acids is 1. The van der Waals surface area contributed by atoms with E-state index in [0.717, 1.165) is 6.07 Å². The second-order valence-electron chi connectivity index (χ2n) is 4.18. The lowest BCUT2D eigenvalue weighted by Crippen LogP contribution is -2.48. The van der Waals surface area contributed by atoms with Gasteiger partial charge in [-0.1, -0.05) is 6.92 Å². The monoisotopic (exact) mass is 289 g/mol. The number of morpholine rings is 1. The van der Waals surface area contributed by atoms with Gasteiger partial charge in [-0.15, -0.1) is 0 Å². The topological polar surface area (TPSA) is 97.0 Å². The molecule has 2 heterocycles. The highest BCUT2D eigenvalue weighted by molar-refractivity contribution is 7.89. The predicted molar refractivity (Wildman–Crippen MR) is 64.5 cm³/mol. The Labute approximate surface area is 110 Å². The summed E-state index contributed by atoms with van der Waals surface area (Å²) in [6.07, 6.45) is 0.617. The molecule has 0 aliphatic carbocycles. The number of sulfonamides is 1. The maximum absolute atomic E-state index is 12.4. The van der Waals surface area contributed by atoms with E-state index < -0.39 is 16.0 Å². The molecular weight excluding hydrogens is 274 g/mol. The summed E-state index contributed by atoms with van der Waals surface area (Å²) in [5, 5.41) is 8.41. The van der Waals surface area contributed by atoms with Gasteiger partial charge in [0, 0.05) is 12.6 Å². The lowest BCUT2D eigenvalue weighted by atomic mass is 10.2. The summed E-state index contributed by atoms with van der Waals surface area (Å²) in [6, 6.07) is 2.05. The average Bonchev–Trinajstić information content (AvgIpc) is 2.89.